The molecule has 1 aliphatic rings. The highest BCUT2D eigenvalue weighted by molar-refractivity contribution is 6.06. The molecule has 0 bridgehead atoms. The van der Waals surface area contributed by atoms with Gasteiger partial charge in [-0.25, -0.2) is 0 Å². The number of carbonyl (C=O) groups is 3. The van der Waals surface area contributed by atoms with Crippen molar-refractivity contribution >= 4 is 34.8 Å². The lowest BCUT2D eigenvalue weighted by atomic mass is 10.1. The maximum absolute atomic E-state index is 12.9. The first-order valence-electron chi connectivity index (χ1n) is 12.5. The van der Waals surface area contributed by atoms with Crippen molar-refractivity contribution in [3.8, 4) is 0 Å². The van der Waals surface area contributed by atoms with Crippen LogP contribution in [0.15, 0.2) is 78.9 Å². The van der Waals surface area contributed by atoms with Crippen LogP contribution < -0.4 is 20.9 Å². The maximum Gasteiger partial charge on any atom is 0.258 e. The fourth-order valence-electron chi connectivity index (χ4n) is 4.14. The third kappa shape index (κ3) is 7.17. The number of nitrogens with one attached hydrogen (secondary N) is 3. The first-order chi connectivity index (χ1) is 18.0. The van der Waals surface area contributed by atoms with Gasteiger partial charge in [-0.15, -0.1) is 0 Å². The molecule has 8 nitrogen and oxygen atoms in total. The largest absolute Gasteiger partial charge is 0.376 e. The number of carbonyl (C=O) groups excluding carboxylic acids is 3. The van der Waals surface area contributed by atoms with Gasteiger partial charge >= 0.3 is 0 Å². The van der Waals surface area contributed by atoms with E-state index in [0.717, 1.165) is 30.8 Å². The van der Waals surface area contributed by atoms with Gasteiger partial charge in [0.15, 0.2) is 0 Å². The van der Waals surface area contributed by atoms with Gasteiger partial charge in [0.2, 0.25) is 5.91 Å². The van der Waals surface area contributed by atoms with E-state index < -0.39 is 0 Å². The monoisotopic (exact) mass is 500 g/mol. The highest BCUT2D eigenvalue weighted by Crippen LogP contribution is 2.18. The Balaban J connectivity index is 1.24. The lowest BCUT2D eigenvalue weighted by molar-refractivity contribution is -0.114. The molecule has 1 atom stereocenters. The predicted molar refractivity (Wildman–Crippen MR) is 145 cm³/mol. The van der Waals surface area contributed by atoms with Gasteiger partial charge in [-0.3, -0.25) is 14.4 Å². The van der Waals surface area contributed by atoms with Crippen LogP contribution in [0.25, 0.3) is 0 Å². The smallest absolute Gasteiger partial charge is 0.258 e. The lowest BCUT2D eigenvalue weighted by Crippen LogP contribution is -2.31. The molecule has 3 aromatic carbocycles. The van der Waals surface area contributed by atoms with Gasteiger partial charge in [0.1, 0.15) is 0 Å². The molecule has 0 spiro atoms. The Kier molecular flexibility index (Phi) is 8.89. The summed E-state index contributed by atoms with van der Waals surface area (Å²) < 4.78 is 5.52. The van der Waals surface area contributed by atoms with Crippen molar-refractivity contribution < 1.29 is 19.1 Å². The number of nitrogens with zero attached hydrogens (tertiary/aromatic N) is 1. The van der Waals surface area contributed by atoms with E-state index in [2.05, 4.69) is 16.0 Å². The number of hydrogen-bond donors (Lipinski definition) is 3. The average molecular weight is 501 g/mol. The van der Waals surface area contributed by atoms with Gasteiger partial charge in [-0.1, -0.05) is 18.2 Å². The molecule has 8 heteroatoms. The second-order valence-electron chi connectivity index (χ2n) is 8.79. The molecule has 1 unspecified atom stereocenters. The topological polar surface area (TPSA) is 99.8 Å². The maximum atomic E-state index is 12.9. The Morgan fingerprint density at radius 2 is 1.57 bits per heavy atom. The van der Waals surface area contributed by atoms with Crippen molar-refractivity contribution in [1.29, 1.82) is 0 Å². The second-order valence-corrected chi connectivity index (χ2v) is 8.79. The third-order valence-corrected chi connectivity index (χ3v) is 6.16. The van der Waals surface area contributed by atoms with Gasteiger partial charge in [-0.05, 0) is 80.4 Å². The summed E-state index contributed by atoms with van der Waals surface area (Å²) in [7, 11) is 0. The summed E-state index contributed by atoms with van der Waals surface area (Å²) in [6.45, 7) is 3.81. The Morgan fingerprint density at radius 1 is 0.892 bits per heavy atom. The van der Waals surface area contributed by atoms with Crippen LogP contribution >= 0.6 is 0 Å². The van der Waals surface area contributed by atoms with Crippen LogP contribution in [-0.2, 0) is 9.53 Å². The summed E-state index contributed by atoms with van der Waals surface area (Å²) in [5.74, 6) is -0.471. The molecule has 0 saturated carbocycles. The highest BCUT2D eigenvalue weighted by Gasteiger charge is 2.17. The second kappa shape index (κ2) is 12.7. The van der Waals surface area contributed by atoms with Gasteiger partial charge in [0.05, 0.1) is 12.6 Å². The quantitative estimate of drug-likeness (QED) is 0.385. The Labute approximate surface area is 217 Å². The predicted octanol–water partition coefficient (Wildman–Crippen LogP) is 4.31. The zero-order chi connectivity index (χ0) is 26.0. The van der Waals surface area contributed by atoms with E-state index in [1.54, 1.807) is 53.4 Å². The molecule has 0 radical (unpaired) electrons. The van der Waals surface area contributed by atoms with Crippen LogP contribution in [0.5, 0.6) is 0 Å². The summed E-state index contributed by atoms with van der Waals surface area (Å²) in [5, 5.41) is 8.77. The number of ether oxygens (including phenoxy) is 1. The van der Waals surface area contributed by atoms with Crippen molar-refractivity contribution in [2.45, 2.75) is 25.9 Å². The minimum absolute atomic E-state index is 0.0584. The minimum Gasteiger partial charge on any atom is -0.376 e. The van der Waals surface area contributed by atoms with Crippen molar-refractivity contribution in [2.24, 2.45) is 0 Å². The van der Waals surface area contributed by atoms with E-state index in [1.807, 2.05) is 37.3 Å². The van der Waals surface area contributed by atoms with E-state index in [0.29, 0.717) is 29.9 Å². The number of benzene rings is 3. The third-order valence-electron chi connectivity index (χ3n) is 6.16. The molecular formula is C29H32N4O4. The number of hydrogen-bond acceptors (Lipinski definition) is 5. The van der Waals surface area contributed by atoms with Crippen LogP contribution in [0.3, 0.4) is 0 Å². The zero-order valence-electron chi connectivity index (χ0n) is 20.9. The first kappa shape index (κ1) is 25.9. The molecule has 192 valence electrons. The summed E-state index contributed by atoms with van der Waals surface area (Å²) in [6.07, 6.45) is 2.10. The number of amides is 3. The average Bonchev–Trinajstić information content (AvgIpc) is 3.46. The molecule has 4 rings (SSSR count). The van der Waals surface area contributed by atoms with Gasteiger partial charge in [-0.2, -0.15) is 0 Å². The molecular weight excluding hydrogens is 468 g/mol. The molecule has 3 aromatic rings. The van der Waals surface area contributed by atoms with Crippen molar-refractivity contribution in [1.82, 2.24) is 5.32 Å². The molecule has 3 amide bonds. The van der Waals surface area contributed by atoms with Gasteiger partial charge in [0, 0.05) is 47.9 Å². The normalized spacial score (nSPS) is 14.6. The number of anilines is 3. The summed E-state index contributed by atoms with van der Waals surface area (Å²) in [6, 6.07) is 23.3. The Bertz CT molecular complexity index is 1190. The zero-order valence-corrected chi connectivity index (χ0v) is 20.9. The molecule has 1 aliphatic heterocycles. The fourth-order valence-corrected chi connectivity index (χ4v) is 4.14. The number of rotatable bonds is 10. The van der Waals surface area contributed by atoms with Crippen molar-refractivity contribution in [3.63, 3.8) is 0 Å². The molecule has 37 heavy (non-hydrogen) atoms. The molecule has 1 heterocycles. The summed E-state index contributed by atoms with van der Waals surface area (Å²) in [4.78, 5) is 39.3. The van der Waals surface area contributed by atoms with Gasteiger partial charge < -0.3 is 25.6 Å². The highest BCUT2D eigenvalue weighted by atomic mass is 16.5. The van der Waals surface area contributed by atoms with Crippen molar-refractivity contribution in [2.75, 3.05) is 41.8 Å². The molecule has 0 aliphatic carbocycles. The Hall–Kier alpha value is -4.17. The fraction of sp³-hybridized carbons (Fsp3) is 0.276. The van der Waals surface area contributed by atoms with E-state index in [-0.39, 0.29) is 30.4 Å². The first-order valence-corrected chi connectivity index (χ1v) is 12.5. The van der Waals surface area contributed by atoms with Crippen LogP contribution in [0.2, 0.25) is 0 Å². The van der Waals surface area contributed by atoms with Crippen LogP contribution in [0, 0.1) is 0 Å². The number of para-hydroxylation sites is 1. The van der Waals surface area contributed by atoms with E-state index in [9.17, 15) is 14.4 Å². The molecule has 1 fully saturated rings. The summed E-state index contributed by atoms with van der Waals surface area (Å²) in [5.41, 5.74) is 3.26. The lowest BCUT2D eigenvalue weighted by Gasteiger charge is -2.21. The Morgan fingerprint density at radius 3 is 2.22 bits per heavy atom. The molecule has 3 N–H and O–H groups in total. The molecule has 1 saturated heterocycles. The molecule has 0 aromatic heterocycles. The SMILES string of the molecule is CCN(C(=O)c1ccc(NC(=O)CNc2ccc(C(=O)NCC3CCCO3)cc2)cc1)c1ccccc1. The van der Waals surface area contributed by atoms with Crippen LogP contribution in [-0.4, -0.2) is 50.1 Å². The van der Waals surface area contributed by atoms with E-state index >= 15 is 0 Å². The van der Waals surface area contributed by atoms with Crippen LogP contribution in [0.4, 0.5) is 17.1 Å². The van der Waals surface area contributed by atoms with E-state index in [1.165, 1.54) is 0 Å². The van der Waals surface area contributed by atoms with Crippen molar-refractivity contribution in [3.05, 3.63) is 90.0 Å². The standard InChI is InChI=1S/C29H32N4O4/c1-2-33(25-7-4-3-5-8-25)29(36)22-12-16-24(17-13-22)32-27(34)20-30-23-14-10-21(11-15-23)28(35)31-19-26-9-6-18-37-26/h3-5,7-8,10-17,26,30H,2,6,9,18-20H2,1H3,(H,31,35)(H,32,34). The van der Waals surface area contributed by atoms with Crippen LogP contribution in [0.1, 0.15) is 40.5 Å². The summed E-state index contributed by atoms with van der Waals surface area (Å²) >= 11 is 0. The van der Waals surface area contributed by atoms with E-state index in [4.69, 9.17) is 4.74 Å². The van der Waals surface area contributed by atoms with Gasteiger partial charge in [0.25, 0.3) is 11.8 Å². The minimum atomic E-state index is -0.225.